The fourth-order valence-corrected chi connectivity index (χ4v) is 2.96. The van der Waals surface area contributed by atoms with Crippen LogP contribution in [-0.4, -0.2) is 26.9 Å². The molecule has 1 atom stereocenters. The third-order valence-corrected chi connectivity index (χ3v) is 4.66. The highest BCUT2D eigenvalue weighted by atomic mass is 35.5. The molecule has 0 radical (unpaired) electrons. The molecule has 150 valence electrons. The van der Waals surface area contributed by atoms with E-state index >= 15 is 0 Å². The number of nitrogens with zero attached hydrogens (tertiary/aromatic N) is 4. The number of amides is 1. The van der Waals surface area contributed by atoms with E-state index in [1.54, 1.807) is 28.9 Å². The van der Waals surface area contributed by atoms with Crippen LogP contribution in [0.3, 0.4) is 0 Å². The first kappa shape index (κ1) is 20.6. The van der Waals surface area contributed by atoms with Gasteiger partial charge in [-0.15, -0.1) is 0 Å². The van der Waals surface area contributed by atoms with Gasteiger partial charge in [-0.05, 0) is 25.1 Å². The Morgan fingerprint density at radius 1 is 1.34 bits per heavy atom. The van der Waals surface area contributed by atoms with Crippen molar-refractivity contribution >= 4 is 17.5 Å². The van der Waals surface area contributed by atoms with Crippen LogP contribution in [-0.2, 0) is 12.0 Å². The molecule has 0 saturated heterocycles. The van der Waals surface area contributed by atoms with Gasteiger partial charge in [-0.1, -0.05) is 43.6 Å². The van der Waals surface area contributed by atoms with E-state index in [0.29, 0.717) is 22.9 Å². The average Bonchev–Trinajstić information content (AvgIpc) is 3.31. The smallest absolute Gasteiger partial charge is 0.273 e. The van der Waals surface area contributed by atoms with Crippen molar-refractivity contribution in [2.45, 2.75) is 45.7 Å². The number of carbonyl (C=O) groups is 1. The minimum Gasteiger partial charge on any atom is -0.360 e. The molecule has 0 aliphatic heterocycles. The van der Waals surface area contributed by atoms with E-state index in [4.69, 9.17) is 21.4 Å². The highest BCUT2D eigenvalue weighted by Crippen LogP contribution is 2.24. The van der Waals surface area contributed by atoms with Crippen LogP contribution in [0.1, 0.15) is 49.5 Å². The predicted molar refractivity (Wildman–Crippen MR) is 110 cm³/mol. The summed E-state index contributed by atoms with van der Waals surface area (Å²) in [6, 6.07) is 10.6. The second kappa shape index (κ2) is 8.10. The second-order valence-electron chi connectivity index (χ2n) is 7.93. The zero-order valence-corrected chi connectivity index (χ0v) is 17.5. The molecule has 0 aliphatic carbocycles. The number of nitriles is 1. The van der Waals surface area contributed by atoms with Crippen molar-refractivity contribution in [1.82, 2.24) is 20.3 Å². The Balaban J connectivity index is 1.64. The molecule has 1 unspecified atom stereocenters. The molecule has 1 amide bonds. The van der Waals surface area contributed by atoms with Crippen LogP contribution in [0.5, 0.6) is 0 Å². The maximum Gasteiger partial charge on any atom is 0.273 e. The van der Waals surface area contributed by atoms with E-state index < -0.39 is 0 Å². The Morgan fingerprint density at radius 2 is 2.10 bits per heavy atom. The lowest BCUT2D eigenvalue weighted by molar-refractivity contribution is 0.0926. The molecule has 7 nitrogen and oxygen atoms in total. The number of nitrogens with one attached hydrogen (secondary N) is 1. The Labute approximate surface area is 174 Å². The first-order valence-electron chi connectivity index (χ1n) is 9.19. The molecular weight excluding hydrogens is 390 g/mol. The van der Waals surface area contributed by atoms with E-state index in [1.807, 2.05) is 46.0 Å². The van der Waals surface area contributed by atoms with Gasteiger partial charge in [0.25, 0.3) is 5.91 Å². The summed E-state index contributed by atoms with van der Waals surface area (Å²) >= 11 is 6.10. The Morgan fingerprint density at radius 3 is 2.72 bits per heavy atom. The van der Waals surface area contributed by atoms with Gasteiger partial charge in [0.2, 0.25) is 0 Å². The number of rotatable bonds is 5. The molecule has 0 spiro atoms. The Bertz CT molecular complexity index is 1070. The highest BCUT2D eigenvalue weighted by molar-refractivity contribution is 6.32. The fraction of sp³-hybridized carbons (Fsp3) is 0.333. The van der Waals surface area contributed by atoms with Gasteiger partial charge in [-0.3, -0.25) is 9.48 Å². The van der Waals surface area contributed by atoms with Crippen molar-refractivity contribution in [3.63, 3.8) is 0 Å². The number of aromatic nitrogens is 3. The van der Waals surface area contributed by atoms with Gasteiger partial charge < -0.3 is 9.84 Å². The van der Waals surface area contributed by atoms with Crippen molar-refractivity contribution < 1.29 is 9.32 Å². The highest BCUT2D eigenvalue weighted by Gasteiger charge is 2.22. The number of benzene rings is 1. The van der Waals surface area contributed by atoms with Crippen molar-refractivity contribution in [2.24, 2.45) is 0 Å². The van der Waals surface area contributed by atoms with E-state index in [9.17, 15) is 4.79 Å². The molecule has 1 aromatic carbocycles. The van der Waals surface area contributed by atoms with Gasteiger partial charge in [0.1, 0.15) is 11.8 Å². The van der Waals surface area contributed by atoms with Gasteiger partial charge in [-0.25, -0.2) is 0 Å². The fourth-order valence-electron chi connectivity index (χ4n) is 2.74. The van der Waals surface area contributed by atoms with Crippen LogP contribution < -0.4 is 5.32 Å². The normalized spacial score (nSPS) is 12.4. The van der Waals surface area contributed by atoms with E-state index in [-0.39, 0.29) is 23.1 Å². The summed E-state index contributed by atoms with van der Waals surface area (Å²) in [7, 11) is 0. The quantitative estimate of drug-likeness (QED) is 0.679. The molecule has 2 heterocycles. The Kier molecular flexibility index (Phi) is 5.76. The molecule has 0 aliphatic rings. The molecule has 3 rings (SSSR count). The summed E-state index contributed by atoms with van der Waals surface area (Å²) in [5.41, 5.74) is 2.03. The third kappa shape index (κ3) is 4.84. The minimum absolute atomic E-state index is 0.172. The summed E-state index contributed by atoms with van der Waals surface area (Å²) in [5, 5.41) is 20.7. The lowest BCUT2D eigenvalue weighted by Crippen LogP contribution is -2.36. The topological polar surface area (TPSA) is 96.7 Å². The van der Waals surface area contributed by atoms with Crippen LogP contribution in [0.25, 0.3) is 11.3 Å². The number of hydrogen-bond acceptors (Lipinski definition) is 5. The first-order chi connectivity index (χ1) is 13.7. The van der Waals surface area contributed by atoms with Crippen LogP contribution >= 0.6 is 11.6 Å². The van der Waals surface area contributed by atoms with Gasteiger partial charge in [0, 0.05) is 29.3 Å². The number of hydrogen-bond donors (Lipinski definition) is 1. The molecule has 29 heavy (non-hydrogen) atoms. The van der Waals surface area contributed by atoms with Crippen LogP contribution in [0.4, 0.5) is 0 Å². The maximum absolute atomic E-state index is 12.4. The van der Waals surface area contributed by atoms with Gasteiger partial charge >= 0.3 is 0 Å². The van der Waals surface area contributed by atoms with Crippen molar-refractivity contribution in [3.05, 3.63) is 58.6 Å². The maximum atomic E-state index is 12.4. The van der Waals surface area contributed by atoms with Gasteiger partial charge in [0.05, 0.1) is 22.8 Å². The summed E-state index contributed by atoms with van der Waals surface area (Å²) in [5.74, 6) is 0.371. The van der Waals surface area contributed by atoms with Gasteiger partial charge in [-0.2, -0.15) is 10.4 Å². The molecule has 0 fully saturated rings. The van der Waals surface area contributed by atoms with Gasteiger partial charge in [0.15, 0.2) is 5.69 Å². The minimum atomic E-state index is -0.289. The van der Waals surface area contributed by atoms with Crippen LogP contribution in [0.2, 0.25) is 5.02 Å². The summed E-state index contributed by atoms with van der Waals surface area (Å²) in [6.45, 7) is 8.36. The third-order valence-electron chi connectivity index (χ3n) is 4.35. The monoisotopic (exact) mass is 411 g/mol. The molecule has 3 aromatic rings. The average molecular weight is 412 g/mol. The van der Waals surface area contributed by atoms with Crippen LogP contribution in [0.15, 0.2) is 41.1 Å². The largest absolute Gasteiger partial charge is 0.360 e. The predicted octanol–water partition coefficient (Wildman–Crippen LogP) is 4.18. The molecule has 0 bridgehead atoms. The van der Waals surface area contributed by atoms with E-state index in [2.05, 4.69) is 15.6 Å². The standard InChI is InChI=1S/C21H22ClN5O2/c1-13(24-20(28)18-10-19(29-26-18)21(2,3)4)12-27-8-7-17(25-27)14-5-6-15(11-23)16(22)9-14/h5-10,13H,12H2,1-4H3,(H,24,28). The second-order valence-corrected chi connectivity index (χ2v) is 8.34. The lowest BCUT2D eigenvalue weighted by atomic mass is 9.93. The van der Waals surface area contributed by atoms with Crippen molar-refractivity contribution in [2.75, 3.05) is 0 Å². The van der Waals surface area contributed by atoms with E-state index in [0.717, 1.165) is 11.3 Å². The molecule has 8 heteroatoms. The zero-order chi connectivity index (χ0) is 21.2. The summed E-state index contributed by atoms with van der Waals surface area (Å²) < 4.78 is 7.02. The Hall–Kier alpha value is -3.11. The molecule has 1 N–H and O–H groups in total. The number of carbonyl (C=O) groups excluding carboxylic acids is 1. The van der Waals surface area contributed by atoms with Crippen molar-refractivity contribution in [3.8, 4) is 17.3 Å². The first-order valence-corrected chi connectivity index (χ1v) is 9.56. The molecule has 2 aromatic heterocycles. The molecule has 0 saturated carbocycles. The summed E-state index contributed by atoms with van der Waals surface area (Å²) in [6.07, 6.45) is 1.83. The van der Waals surface area contributed by atoms with Crippen LogP contribution in [0, 0.1) is 11.3 Å². The van der Waals surface area contributed by atoms with Crippen molar-refractivity contribution in [1.29, 1.82) is 5.26 Å². The SMILES string of the molecule is CC(Cn1ccc(-c2ccc(C#N)c(Cl)c2)n1)NC(=O)c1cc(C(C)(C)C)on1. The molecular formula is C21H22ClN5O2. The zero-order valence-electron chi connectivity index (χ0n) is 16.7. The lowest BCUT2D eigenvalue weighted by Gasteiger charge is -2.13. The number of halogens is 1. The summed E-state index contributed by atoms with van der Waals surface area (Å²) in [4.78, 5) is 12.4. The van der Waals surface area contributed by atoms with E-state index in [1.165, 1.54) is 0 Å².